The van der Waals surface area contributed by atoms with Crippen molar-refractivity contribution >= 4 is 11.9 Å². The van der Waals surface area contributed by atoms with Crippen molar-refractivity contribution in [2.45, 2.75) is 12.5 Å². The first-order valence-corrected chi connectivity index (χ1v) is 8.90. The molecule has 0 radical (unpaired) electrons. The highest BCUT2D eigenvalue weighted by Crippen LogP contribution is 2.43. The minimum absolute atomic E-state index is 0.129. The van der Waals surface area contributed by atoms with Crippen molar-refractivity contribution in [3.63, 3.8) is 0 Å². The Balaban J connectivity index is 1.90. The van der Waals surface area contributed by atoms with Crippen molar-refractivity contribution in [1.82, 2.24) is 5.32 Å². The summed E-state index contributed by atoms with van der Waals surface area (Å²) in [6, 6.07) is 22.4. The van der Waals surface area contributed by atoms with Crippen LogP contribution in [0, 0.1) is 0 Å². The number of benzene rings is 3. The lowest BCUT2D eigenvalue weighted by Gasteiger charge is -2.32. The van der Waals surface area contributed by atoms with Gasteiger partial charge in [0.05, 0.1) is 7.11 Å². The average Bonchev–Trinajstić information content (AvgIpc) is 3.02. The summed E-state index contributed by atoms with van der Waals surface area (Å²) in [6.45, 7) is 1.36. The highest BCUT2D eigenvalue weighted by Gasteiger charge is 2.45. The lowest BCUT2D eigenvalue weighted by Crippen LogP contribution is -2.41. The van der Waals surface area contributed by atoms with Gasteiger partial charge >= 0.3 is 5.97 Å². The van der Waals surface area contributed by atoms with Gasteiger partial charge in [-0.25, -0.2) is 0 Å². The summed E-state index contributed by atoms with van der Waals surface area (Å²) in [5.41, 5.74) is 2.46. The van der Waals surface area contributed by atoms with E-state index in [2.05, 4.69) is 5.32 Å². The van der Waals surface area contributed by atoms with Gasteiger partial charge in [0.25, 0.3) is 5.91 Å². The molecular weight excluding hydrogens is 354 g/mol. The Hall–Kier alpha value is -3.60. The van der Waals surface area contributed by atoms with E-state index < -0.39 is 5.54 Å². The molecule has 5 nitrogen and oxygen atoms in total. The molecule has 0 bridgehead atoms. The van der Waals surface area contributed by atoms with Crippen molar-refractivity contribution < 1.29 is 19.1 Å². The van der Waals surface area contributed by atoms with Gasteiger partial charge in [0.2, 0.25) is 0 Å². The number of hydrogen-bond donors (Lipinski definition) is 1. The molecule has 1 aliphatic rings. The number of methoxy groups -OCH3 is 1. The normalized spacial score (nSPS) is 17.6. The predicted octanol–water partition coefficient (Wildman–Crippen LogP) is 3.66. The van der Waals surface area contributed by atoms with Gasteiger partial charge in [-0.2, -0.15) is 0 Å². The number of fused-ring (bicyclic) bond motifs is 1. The van der Waals surface area contributed by atoms with Gasteiger partial charge in [0, 0.05) is 12.5 Å². The van der Waals surface area contributed by atoms with E-state index in [9.17, 15) is 9.59 Å². The third kappa shape index (κ3) is 2.81. The van der Waals surface area contributed by atoms with Gasteiger partial charge in [0.1, 0.15) is 17.0 Å². The largest absolute Gasteiger partial charge is 0.497 e. The molecule has 0 saturated carbocycles. The standard InChI is InChI=1S/C23H19NO4/c1-15(25)28-19-13-9-17(10-14-19)23(16-7-11-18(27-2)12-8-16)21-6-4-3-5-20(21)22(26)24-23/h3-14H,1-2H3,(H,24,26). The van der Waals surface area contributed by atoms with Gasteiger partial charge in [-0.05, 0) is 47.0 Å². The molecule has 3 aromatic carbocycles. The Labute approximate surface area is 162 Å². The van der Waals surface area contributed by atoms with Crippen LogP contribution < -0.4 is 14.8 Å². The number of nitrogens with one attached hydrogen (secondary N) is 1. The lowest BCUT2D eigenvalue weighted by atomic mass is 9.78. The summed E-state index contributed by atoms with van der Waals surface area (Å²) in [5, 5.41) is 3.18. The second-order valence-corrected chi connectivity index (χ2v) is 6.60. The number of hydrogen-bond acceptors (Lipinski definition) is 4. The molecule has 1 heterocycles. The zero-order valence-electron chi connectivity index (χ0n) is 15.6. The lowest BCUT2D eigenvalue weighted by molar-refractivity contribution is -0.131. The zero-order valence-corrected chi connectivity index (χ0v) is 15.6. The number of carbonyl (C=O) groups is 2. The minimum atomic E-state index is -0.839. The Morgan fingerprint density at radius 3 is 2.00 bits per heavy atom. The second kappa shape index (κ2) is 6.85. The van der Waals surface area contributed by atoms with Crippen molar-refractivity contribution in [1.29, 1.82) is 0 Å². The van der Waals surface area contributed by atoms with Crippen LogP contribution >= 0.6 is 0 Å². The summed E-state index contributed by atoms with van der Waals surface area (Å²) in [4.78, 5) is 24.0. The quantitative estimate of drug-likeness (QED) is 0.560. The molecule has 0 fully saturated rings. The molecule has 1 unspecified atom stereocenters. The third-order valence-electron chi connectivity index (χ3n) is 4.95. The highest BCUT2D eigenvalue weighted by atomic mass is 16.5. The number of amides is 1. The maximum absolute atomic E-state index is 12.8. The molecule has 0 aromatic heterocycles. The SMILES string of the molecule is COc1ccc(C2(c3ccc(OC(C)=O)cc3)NC(=O)c3ccccc32)cc1. The molecule has 1 N–H and O–H groups in total. The van der Waals surface area contributed by atoms with Crippen LogP contribution in [0.5, 0.6) is 11.5 Å². The fourth-order valence-corrected chi connectivity index (χ4v) is 3.72. The summed E-state index contributed by atoms with van der Waals surface area (Å²) in [5.74, 6) is 0.688. The summed E-state index contributed by atoms with van der Waals surface area (Å²) in [6.07, 6.45) is 0. The summed E-state index contributed by atoms with van der Waals surface area (Å²) < 4.78 is 10.4. The van der Waals surface area contributed by atoms with Gasteiger partial charge in [-0.3, -0.25) is 9.59 Å². The van der Waals surface area contributed by atoms with E-state index in [4.69, 9.17) is 9.47 Å². The van der Waals surface area contributed by atoms with E-state index in [-0.39, 0.29) is 11.9 Å². The van der Waals surface area contributed by atoms with Crippen molar-refractivity contribution in [2.24, 2.45) is 0 Å². The van der Waals surface area contributed by atoms with Gasteiger partial charge < -0.3 is 14.8 Å². The minimum Gasteiger partial charge on any atom is -0.497 e. The van der Waals surface area contributed by atoms with Crippen LogP contribution in [0.1, 0.15) is 34.0 Å². The molecule has 0 aliphatic carbocycles. The van der Waals surface area contributed by atoms with Crippen LogP contribution in [0.25, 0.3) is 0 Å². The topological polar surface area (TPSA) is 64.6 Å². The van der Waals surface area contributed by atoms with Crippen LogP contribution in [-0.2, 0) is 10.3 Å². The highest BCUT2D eigenvalue weighted by molar-refractivity contribution is 6.01. The van der Waals surface area contributed by atoms with E-state index in [0.29, 0.717) is 11.3 Å². The van der Waals surface area contributed by atoms with Crippen LogP contribution in [0.4, 0.5) is 0 Å². The maximum atomic E-state index is 12.8. The fourth-order valence-electron chi connectivity index (χ4n) is 3.72. The average molecular weight is 373 g/mol. The second-order valence-electron chi connectivity index (χ2n) is 6.60. The van der Waals surface area contributed by atoms with E-state index in [0.717, 1.165) is 22.4 Å². The molecule has 140 valence electrons. The molecular formula is C23H19NO4. The molecule has 28 heavy (non-hydrogen) atoms. The first-order valence-electron chi connectivity index (χ1n) is 8.90. The van der Waals surface area contributed by atoms with E-state index in [1.807, 2.05) is 60.7 Å². The van der Waals surface area contributed by atoms with Gasteiger partial charge in [-0.15, -0.1) is 0 Å². The maximum Gasteiger partial charge on any atom is 0.308 e. The van der Waals surface area contributed by atoms with Crippen LogP contribution in [0.3, 0.4) is 0 Å². The summed E-state index contributed by atoms with van der Waals surface area (Å²) >= 11 is 0. The van der Waals surface area contributed by atoms with Gasteiger partial charge in [-0.1, -0.05) is 42.5 Å². The van der Waals surface area contributed by atoms with E-state index in [1.165, 1.54) is 6.92 Å². The van der Waals surface area contributed by atoms with Crippen molar-refractivity contribution in [3.8, 4) is 11.5 Å². The first kappa shape index (κ1) is 17.8. The van der Waals surface area contributed by atoms with Crippen LogP contribution in [0.2, 0.25) is 0 Å². The molecule has 4 rings (SSSR count). The Kier molecular flexibility index (Phi) is 4.35. The van der Waals surface area contributed by atoms with E-state index >= 15 is 0 Å². The predicted molar refractivity (Wildman–Crippen MR) is 105 cm³/mol. The molecule has 0 spiro atoms. The number of rotatable bonds is 4. The molecule has 0 saturated heterocycles. The number of esters is 1. The molecule has 5 heteroatoms. The third-order valence-corrected chi connectivity index (χ3v) is 4.95. The molecule has 3 aromatic rings. The number of carbonyl (C=O) groups excluding carboxylic acids is 2. The van der Waals surface area contributed by atoms with Crippen LogP contribution in [-0.4, -0.2) is 19.0 Å². The monoisotopic (exact) mass is 373 g/mol. The Morgan fingerprint density at radius 1 is 0.857 bits per heavy atom. The summed E-state index contributed by atoms with van der Waals surface area (Å²) in [7, 11) is 1.62. The molecule has 1 aliphatic heterocycles. The van der Waals surface area contributed by atoms with Crippen molar-refractivity contribution in [3.05, 3.63) is 95.1 Å². The Morgan fingerprint density at radius 2 is 1.43 bits per heavy atom. The van der Waals surface area contributed by atoms with Gasteiger partial charge in [0.15, 0.2) is 0 Å². The smallest absolute Gasteiger partial charge is 0.308 e. The van der Waals surface area contributed by atoms with Crippen LogP contribution in [0.15, 0.2) is 72.8 Å². The first-order chi connectivity index (χ1) is 13.5. The molecule has 1 amide bonds. The fraction of sp³-hybridized carbons (Fsp3) is 0.130. The Bertz CT molecular complexity index is 1040. The molecule has 1 atom stereocenters. The van der Waals surface area contributed by atoms with E-state index in [1.54, 1.807) is 19.2 Å². The zero-order chi connectivity index (χ0) is 19.7. The number of ether oxygens (including phenoxy) is 2. The van der Waals surface area contributed by atoms with Crippen molar-refractivity contribution in [2.75, 3.05) is 7.11 Å².